The summed E-state index contributed by atoms with van der Waals surface area (Å²) in [6.07, 6.45) is 1.86. The summed E-state index contributed by atoms with van der Waals surface area (Å²) in [7, 11) is 0. The number of carbonyl (C=O) groups is 2. The van der Waals surface area contributed by atoms with Crippen LogP contribution in [0.1, 0.15) is 24.8 Å². The number of likely N-dealkylation sites (tertiary alicyclic amines) is 1. The van der Waals surface area contributed by atoms with Gasteiger partial charge in [0.2, 0.25) is 0 Å². The van der Waals surface area contributed by atoms with Crippen LogP contribution in [0.2, 0.25) is 5.02 Å². The second-order valence-electron chi connectivity index (χ2n) is 6.36. The van der Waals surface area contributed by atoms with E-state index in [1.165, 1.54) is 0 Å². The lowest BCUT2D eigenvalue weighted by Gasteiger charge is -2.25. The number of nitrogens with one attached hydrogen (secondary N) is 1. The van der Waals surface area contributed by atoms with Crippen LogP contribution in [-0.4, -0.2) is 48.7 Å². The molecule has 2 saturated heterocycles. The van der Waals surface area contributed by atoms with Gasteiger partial charge in [0.25, 0.3) is 5.91 Å². The number of rotatable bonds is 3. The molecule has 0 bridgehead atoms. The summed E-state index contributed by atoms with van der Waals surface area (Å²) < 4.78 is 11.1. The van der Waals surface area contributed by atoms with Gasteiger partial charge in [-0.15, -0.1) is 0 Å². The quantitative estimate of drug-likeness (QED) is 0.907. The van der Waals surface area contributed by atoms with Crippen molar-refractivity contribution in [1.29, 1.82) is 0 Å². The van der Waals surface area contributed by atoms with Crippen LogP contribution >= 0.6 is 11.6 Å². The second kappa shape index (κ2) is 6.89. The van der Waals surface area contributed by atoms with E-state index in [9.17, 15) is 9.59 Å². The van der Waals surface area contributed by atoms with Crippen molar-refractivity contribution >= 4 is 23.6 Å². The molecule has 2 amide bonds. The van der Waals surface area contributed by atoms with Crippen molar-refractivity contribution in [2.24, 2.45) is 0 Å². The molecule has 1 aromatic rings. The summed E-state index contributed by atoms with van der Waals surface area (Å²) in [5, 5.41) is 3.35. The first kappa shape index (κ1) is 16.9. The molecule has 130 valence electrons. The first-order chi connectivity index (χ1) is 11.5. The molecule has 3 rings (SSSR count). The Bertz CT molecular complexity index is 651. The Kier molecular flexibility index (Phi) is 4.85. The van der Waals surface area contributed by atoms with Crippen molar-refractivity contribution in [3.63, 3.8) is 0 Å². The van der Waals surface area contributed by atoms with Crippen molar-refractivity contribution in [3.8, 4) is 5.75 Å². The van der Waals surface area contributed by atoms with Crippen molar-refractivity contribution in [2.75, 3.05) is 26.2 Å². The van der Waals surface area contributed by atoms with Gasteiger partial charge in [-0.3, -0.25) is 4.79 Å². The van der Waals surface area contributed by atoms with Crippen molar-refractivity contribution in [1.82, 2.24) is 10.2 Å². The highest BCUT2D eigenvalue weighted by Gasteiger charge is 2.41. The predicted molar refractivity (Wildman–Crippen MR) is 89.3 cm³/mol. The van der Waals surface area contributed by atoms with Crippen LogP contribution in [0.4, 0.5) is 4.79 Å². The van der Waals surface area contributed by atoms with Gasteiger partial charge in [0, 0.05) is 24.5 Å². The Hall–Kier alpha value is -1.95. The predicted octanol–water partition coefficient (Wildman–Crippen LogP) is 2.52. The molecule has 0 saturated carbocycles. The number of ether oxygens (including phenoxy) is 2. The summed E-state index contributed by atoms with van der Waals surface area (Å²) in [4.78, 5) is 25.5. The lowest BCUT2D eigenvalue weighted by Crippen LogP contribution is -2.38. The molecule has 2 heterocycles. The molecule has 6 nitrogen and oxygen atoms in total. The molecule has 0 aliphatic carbocycles. The number of alkyl carbamates (subject to hydrolysis) is 1. The van der Waals surface area contributed by atoms with E-state index in [0.717, 1.165) is 18.4 Å². The molecular weight excluding hydrogens is 332 g/mol. The molecule has 1 atom stereocenters. The standard InChI is InChI=1S/C17H21ClN2O4/c1-12-9-13(18)3-4-14(12)23-10-15(21)20-7-2-5-17(6-8-20)11-19-16(22)24-17/h3-4,9H,2,5-8,10-11H2,1H3,(H,19,22)/t17-/m0/s1. The second-order valence-corrected chi connectivity index (χ2v) is 6.80. The van der Waals surface area contributed by atoms with Gasteiger partial charge in [-0.05, 0) is 43.5 Å². The largest absolute Gasteiger partial charge is 0.483 e. The molecule has 7 heteroatoms. The van der Waals surface area contributed by atoms with Crippen LogP contribution in [0.5, 0.6) is 5.75 Å². The number of nitrogens with zero attached hydrogens (tertiary/aromatic N) is 1. The third-order valence-corrected chi connectivity index (χ3v) is 4.84. The Morgan fingerprint density at radius 2 is 2.25 bits per heavy atom. The average molecular weight is 353 g/mol. The van der Waals surface area contributed by atoms with E-state index in [0.29, 0.717) is 36.8 Å². The van der Waals surface area contributed by atoms with E-state index >= 15 is 0 Å². The minimum Gasteiger partial charge on any atom is -0.483 e. The molecule has 2 fully saturated rings. The SMILES string of the molecule is Cc1cc(Cl)ccc1OCC(=O)N1CCC[C@]2(CC1)CNC(=O)O2. The van der Waals surface area contributed by atoms with Crippen molar-refractivity contribution < 1.29 is 19.1 Å². The monoisotopic (exact) mass is 352 g/mol. The van der Waals surface area contributed by atoms with Gasteiger partial charge in [-0.1, -0.05) is 11.6 Å². The van der Waals surface area contributed by atoms with Crippen LogP contribution < -0.4 is 10.1 Å². The third-order valence-electron chi connectivity index (χ3n) is 4.60. The molecule has 24 heavy (non-hydrogen) atoms. The fourth-order valence-corrected chi connectivity index (χ4v) is 3.43. The van der Waals surface area contributed by atoms with Gasteiger partial charge < -0.3 is 19.7 Å². The minimum atomic E-state index is -0.459. The zero-order valence-electron chi connectivity index (χ0n) is 13.6. The first-order valence-electron chi connectivity index (χ1n) is 8.11. The van der Waals surface area contributed by atoms with E-state index in [4.69, 9.17) is 21.1 Å². The van der Waals surface area contributed by atoms with Crippen LogP contribution in [0.15, 0.2) is 18.2 Å². The van der Waals surface area contributed by atoms with Crippen LogP contribution in [-0.2, 0) is 9.53 Å². The maximum Gasteiger partial charge on any atom is 0.407 e. The highest BCUT2D eigenvalue weighted by molar-refractivity contribution is 6.30. The van der Waals surface area contributed by atoms with Crippen LogP contribution in [0.25, 0.3) is 0 Å². The maximum absolute atomic E-state index is 12.4. The molecule has 0 aromatic heterocycles. The van der Waals surface area contributed by atoms with Gasteiger partial charge in [-0.25, -0.2) is 4.79 Å². The molecule has 2 aliphatic heterocycles. The minimum absolute atomic E-state index is 0.00644. The van der Waals surface area contributed by atoms with Gasteiger partial charge in [-0.2, -0.15) is 0 Å². The summed E-state index contributed by atoms with van der Waals surface area (Å²) in [6.45, 7) is 3.63. The summed E-state index contributed by atoms with van der Waals surface area (Å²) in [5.74, 6) is 0.603. The van der Waals surface area contributed by atoms with Gasteiger partial charge >= 0.3 is 6.09 Å². The van der Waals surface area contributed by atoms with Crippen molar-refractivity contribution in [3.05, 3.63) is 28.8 Å². The number of hydrogen-bond donors (Lipinski definition) is 1. The number of carbonyl (C=O) groups excluding carboxylic acids is 2. The molecule has 2 aliphatic rings. The molecule has 1 aromatic carbocycles. The fraction of sp³-hybridized carbons (Fsp3) is 0.529. The van der Waals surface area contributed by atoms with E-state index in [-0.39, 0.29) is 18.6 Å². The Balaban J connectivity index is 1.54. The average Bonchev–Trinajstić information content (AvgIpc) is 2.77. The Labute approximate surface area is 146 Å². The van der Waals surface area contributed by atoms with Crippen LogP contribution in [0.3, 0.4) is 0 Å². The highest BCUT2D eigenvalue weighted by Crippen LogP contribution is 2.29. The Morgan fingerprint density at radius 1 is 1.42 bits per heavy atom. The van der Waals surface area contributed by atoms with E-state index in [1.807, 2.05) is 6.92 Å². The normalized spacial score (nSPS) is 23.6. The third kappa shape index (κ3) is 3.75. The van der Waals surface area contributed by atoms with Gasteiger partial charge in [0.05, 0.1) is 6.54 Å². The van der Waals surface area contributed by atoms with Crippen molar-refractivity contribution in [2.45, 2.75) is 31.8 Å². The van der Waals surface area contributed by atoms with Gasteiger partial charge in [0.1, 0.15) is 11.4 Å². The van der Waals surface area contributed by atoms with E-state index < -0.39 is 5.60 Å². The fourth-order valence-electron chi connectivity index (χ4n) is 3.20. The molecular formula is C17H21ClN2O4. The number of halogens is 1. The van der Waals surface area contributed by atoms with E-state index in [2.05, 4.69) is 5.32 Å². The van der Waals surface area contributed by atoms with Crippen LogP contribution in [0, 0.1) is 6.92 Å². The summed E-state index contributed by atoms with van der Waals surface area (Å²) in [6, 6.07) is 5.32. The molecule has 0 radical (unpaired) electrons. The molecule has 0 unspecified atom stereocenters. The lowest BCUT2D eigenvalue weighted by atomic mass is 9.95. The summed E-state index contributed by atoms with van der Waals surface area (Å²) in [5.41, 5.74) is 0.439. The topological polar surface area (TPSA) is 67.9 Å². The lowest BCUT2D eigenvalue weighted by molar-refractivity contribution is -0.133. The number of hydrogen-bond acceptors (Lipinski definition) is 4. The zero-order chi connectivity index (χ0) is 17.2. The number of amides is 2. The van der Waals surface area contributed by atoms with Gasteiger partial charge in [0.15, 0.2) is 6.61 Å². The maximum atomic E-state index is 12.4. The van der Waals surface area contributed by atoms with E-state index in [1.54, 1.807) is 23.1 Å². The smallest absolute Gasteiger partial charge is 0.407 e. The zero-order valence-corrected chi connectivity index (χ0v) is 14.4. The molecule has 1 spiro atoms. The number of aryl methyl sites for hydroxylation is 1. The Morgan fingerprint density at radius 3 is 2.96 bits per heavy atom. The molecule has 1 N–H and O–H groups in total. The number of benzene rings is 1. The summed E-state index contributed by atoms with van der Waals surface area (Å²) >= 11 is 5.92. The first-order valence-corrected chi connectivity index (χ1v) is 8.49. The highest BCUT2D eigenvalue weighted by atomic mass is 35.5.